The Bertz CT molecular complexity index is 854. The Hall–Kier alpha value is -2.51. The molecule has 7 atom stereocenters. The van der Waals surface area contributed by atoms with E-state index in [2.05, 4.69) is 16.0 Å². The molecule has 0 unspecified atom stereocenters. The van der Waals surface area contributed by atoms with Crippen molar-refractivity contribution >= 4 is 34.9 Å². The molecule has 0 saturated carbocycles. The van der Waals surface area contributed by atoms with Crippen molar-refractivity contribution in [2.45, 2.75) is 63.4 Å². The van der Waals surface area contributed by atoms with Crippen LogP contribution in [0.4, 0.5) is 5.69 Å². The Balaban J connectivity index is 2.17. The Morgan fingerprint density at radius 1 is 1.16 bits per heavy atom. The number of hydrogen-bond donors (Lipinski definition) is 7. The topological polar surface area (TPSA) is 170 Å². The zero-order valence-corrected chi connectivity index (χ0v) is 18.9. The molecule has 1 aromatic rings. The number of hydrogen-bond acceptors (Lipinski definition) is 8. The number of anilines is 1. The molecule has 12 heteroatoms. The van der Waals surface area contributed by atoms with Gasteiger partial charge >= 0.3 is 5.97 Å². The summed E-state index contributed by atoms with van der Waals surface area (Å²) in [4.78, 5) is 23.0. The number of methoxy groups -OCH3 is 1. The molecule has 1 heterocycles. The van der Waals surface area contributed by atoms with Crippen molar-refractivity contribution < 1.29 is 39.5 Å². The first-order chi connectivity index (χ1) is 15.0. The normalized spacial score (nSPS) is 27.1. The number of nitrogens with one attached hydrogen (secondary N) is 3. The number of thiocarbonyl (C=S) groups is 1. The lowest BCUT2D eigenvalue weighted by molar-refractivity contribution is -0.226. The number of phenols is 1. The highest BCUT2D eigenvalue weighted by Crippen LogP contribution is 2.38. The van der Waals surface area contributed by atoms with Gasteiger partial charge in [-0.25, -0.2) is 0 Å². The molecule has 0 bridgehead atoms. The molecule has 178 valence electrons. The van der Waals surface area contributed by atoms with Crippen LogP contribution in [0.3, 0.4) is 0 Å². The van der Waals surface area contributed by atoms with E-state index >= 15 is 0 Å². The number of carboxylic acid groups (broad SMARTS) is 1. The molecule has 0 spiro atoms. The third-order valence-electron chi connectivity index (χ3n) is 5.16. The van der Waals surface area contributed by atoms with Crippen LogP contribution >= 0.6 is 12.2 Å². The number of phenolic OH excluding ortho intramolecular Hbond substituents is 1. The van der Waals surface area contributed by atoms with Gasteiger partial charge < -0.3 is 45.9 Å². The van der Waals surface area contributed by atoms with E-state index in [0.717, 1.165) is 0 Å². The zero-order valence-electron chi connectivity index (χ0n) is 18.1. The summed E-state index contributed by atoms with van der Waals surface area (Å²) < 4.78 is 11.0. The predicted molar refractivity (Wildman–Crippen MR) is 118 cm³/mol. The fourth-order valence-corrected chi connectivity index (χ4v) is 3.58. The van der Waals surface area contributed by atoms with Crippen molar-refractivity contribution in [1.82, 2.24) is 10.6 Å². The van der Waals surface area contributed by atoms with Gasteiger partial charge in [0.15, 0.2) is 5.11 Å². The third-order valence-corrected chi connectivity index (χ3v) is 5.38. The maximum absolute atomic E-state index is 12.1. The minimum atomic E-state index is -1.24. The fraction of sp³-hybridized carbons (Fsp3) is 0.550. The predicted octanol–water partition coefficient (Wildman–Crippen LogP) is -0.147. The van der Waals surface area contributed by atoms with E-state index in [1.807, 2.05) is 0 Å². The van der Waals surface area contributed by atoms with E-state index in [1.165, 1.54) is 39.2 Å². The number of carbonyl (C=O) groups is 2. The molecule has 2 rings (SSSR count). The summed E-state index contributed by atoms with van der Waals surface area (Å²) >= 11 is 5.26. The van der Waals surface area contributed by atoms with Crippen LogP contribution in [0.15, 0.2) is 18.2 Å². The quantitative estimate of drug-likeness (QED) is 0.208. The standard InChI is InChI=1S/C20H29N3O8S/c1-8(18(27)21-9(2)19(28)29)22-20(32)23-13-6-5-11(24)7-12(13)16-15(26)17(30-4)14(25)10(3)31-16/h5-10,14-17,24-26H,1-4H3,(H,21,27)(H,28,29)(H2,22,23,32)/t8-,9-,10-,14+,15+,16+,17+/m0/s1. The fourth-order valence-electron chi connectivity index (χ4n) is 3.29. The monoisotopic (exact) mass is 471 g/mol. The number of aliphatic hydroxyl groups excluding tert-OH is 2. The van der Waals surface area contributed by atoms with E-state index in [-0.39, 0.29) is 10.9 Å². The molecule has 7 N–H and O–H groups in total. The van der Waals surface area contributed by atoms with E-state index in [9.17, 15) is 24.9 Å². The van der Waals surface area contributed by atoms with E-state index < -0.39 is 54.5 Å². The van der Waals surface area contributed by atoms with E-state index in [1.54, 1.807) is 6.92 Å². The number of aliphatic carboxylic acids is 1. The maximum Gasteiger partial charge on any atom is 0.325 e. The lowest BCUT2D eigenvalue weighted by Crippen LogP contribution is -2.54. The van der Waals surface area contributed by atoms with Crippen LogP contribution < -0.4 is 16.0 Å². The lowest BCUT2D eigenvalue weighted by Gasteiger charge is -2.41. The van der Waals surface area contributed by atoms with Crippen molar-refractivity contribution in [2.24, 2.45) is 0 Å². The molecule has 0 aromatic heterocycles. The highest BCUT2D eigenvalue weighted by molar-refractivity contribution is 7.80. The number of benzene rings is 1. The number of carbonyl (C=O) groups excluding carboxylic acids is 1. The Kier molecular flexibility index (Phi) is 8.75. The average Bonchev–Trinajstić information content (AvgIpc) is 2.72. The summed E-state index contributed by atoms with van der Waals surface area (Å²) in [6.07, 6.45) is -4.81. The van der Waals surface area contributed by atoms with Gasteiger partial charge in [0.1, 0.15) is 42.2 Å². The van der Waals surface area contributed by atoms with Crippen molar-refractivity contribution in [3.63, 3.8) is 0 Å². The van der Waals surface area contributed by atoms with Crippen LogP contribution in [0.25, 0.3) is 0 Å². The summed E-state index contributed by atoms with van der Waals surface area (Å²) in [6.45, 7) is 4.48. The number of carboxylic acids is 1. The van der Waals surface area contributed by atoms with Gasteiger partial charge in [-0.3, -0.25) is 9.59 Å². The Morgan fingerprint density at radius 2 is 1.81 bits per heavy atom. The smallest absolute Gasteiger partial charge is 0.325 e. The van der Waals surface area contributed by atoms with Crippen LogP contribution in [-0.2, 0) is 19.1 Å². The molecule has 1 saturated heterocycles. The summed E-state index contributed by atoms with van der Waals surface area (Å²) in [7, 11) is 1.37. The van der Waals surface area contributed by atoms with Crippen molar-refractivity contribution in [2.75, 3.05) is 12.4 Å². The van der Waals surface area contributed by atoms with Gasteiger partial charge in [-0.15, -0.1) is 0 Å². The molecule has 1 fully saturated rings. The summed E-state index contributed by atoms with van der Waals surface area (Å²) in [6, 6.07) is 2.40. The highest BCUT2D eigenvalue weighted by atomic mass is 32.1. The number of amides is 1. The largest absolute Gasteiger partial charge is 0.508 e. The maximum atomic E-state index is 12.1. The second-order valence-electron chi connectivity index (χ2n) is 7.60. The lowest BCUT2D eigenvalue weighted by atomic mass is 9.90. The summed E-state index contributed by atoms with van der Waals surface area (Å²) in [5, 5.41) is 47.8. The van der Waals surface area contributed by atoms with Crippen molar-refractivity contribution in [1.29, 1.82) is 0 Å². The molecule has 32 heavy (non-hydrogen) atoms. The second-order valence-corrected chi connectivity index (χ2v) is 8.01. The molecule has 11 nitrogen and oxygen atoms in total. The molecule has 0 radical (unpaired) electrons. The number of aromatic hydroxyl groups is 1. The first kappa shape index (κ1) is 25.7. The zero-order chi connectivity index (χ0) is 24.2. The van der Waals surface area contributed by atoms with E-state index in [4.69, 9.17) is 26.8 Å². The molecule has 0 aliphatic carbocycles. The number of aliphatic hydroxyl groups is 2. The molecule has 1 aliphatic rings. The van der Waals surface area contributed by atoms with Crippen molar-refractivity contribution in [3.05, 3.63) is 23.8 Å². The molecular weight excluding hydrogens is 442 g/mol. The SMILES string of the molecule is CO[C@@H]1[C@H](O)[C@H](C)O[C@H](c2cc(O)ccc2NC(=S)N[C@@H](C)C(=O)N[C@@H](C)C(=O)O)[C@H]1O. The van der Waals surface area contributed by atoms with Gasteiger partial charge in [-0.2, -0.15) is 0 Å². The van der Waals surface area contributed by atoms with Gasteiger partial charge in [-0.05, 0) is 51.2 Å². The second kappa shape index (κ2) is 10.9. The van der Waals surface area contributed by atoms with Crippen LogP contribution in [-0.4, -0.2) is 81.0 Å². The van der Waals surface area contributed by atoms with Gasteiger partial charge in [0.2, 0.25) is 5.91 Å². The first-order valence-electron chi connectivity index (χ1n) is 9.94. The third kappa shape index (κ3) is 6.04. The minimum Gasteiger partial charge on any atom is -0.508 e. The average molecular weight is 472 g/mol. The van der Waals surface area contributed by atoms with Crippen LogP contribution in [0.1, 0.15) is 32.4 Å². The molecule has 1 amide bonds. The summed E-state index contributed by atoms with van der Waals surface area (Å²) in [5.41, 5.74) is 0.744. The Morgan fingerprint density at radius 3 is 2.41 bits per heavy atom. The summed E-state index contributed by atoms with van der Waals surface area (Å²) in [5.74, 6) is -1.81. The molecule has 1 aromatic carbocycles. The number of ether oxygens (including phenoxy) is 2. The van der Waals surface area contributed by atoms with Gasteiger partial charge in [0.05, 0.1) is 6.10 Å². The van der Waals surface area contributed by atoms with Crippen LogP contribution in [0, 0.1) is 0 Å². The van der Waals surface area contributed by atoms with Crippen LogP contribution in [0.5, 0.6) is 5.75 Å². The van der Waals surface area contributed by atoms with Gasteiger partial charge in [0.25, 0.3) is 0 Å². The Labute approximate surface area is 190 Å². The first-order valence-corrected chi connectivity index (χ1v) is 10.3. The molecule has 1 aliphatic heterocycles. The highest BCUT2D eigenvalue weighted by Gasteiger charge is 2.44. The van der Waals surface area contributed by atoms with Crippen LogP contribution in [0.2, 0.25) is 0 Å². The number of rotatable bonds is 7. The van der Waals surface area contributed by atoms with Gasteiger partial charge in [-0.1, -0.05) is 0 Å². The van der Waals surface area contributed by atoms with Gasteiger partial charge in [0, 0.05) is 18.4 Å². The molecular formula is C20H29N3O8S. The van der Waals surface area contributed by atoms with E-state index in [0.29, 0.717) is 11.3 Å². The van der Waals surface area contributed by atoms with Crippen molar-refractivity contribution in [3.8, 4) is 5.75 Å². The minimum absolute atomic E-state index is 0.0456.